The molecule has 0 fully saturated rings. The summed E-state index contributed by atoms with van der Waals surface area (Å²) < 4.78 is 24.1. The molecule has 3 aromatic rings. The van der Waals surface area contributed by atoms with Crippen LogP contribution in [-0.4, -0.2) is 18.3 Å². The Labute approximate surface area is 254 Å². The van der Waals surface area contributed by atoms with Gasteiger partial charge in [0.25, 0.3) is 0 Å². The normalized spacial score (nSPS) is 10.9. The van der Waals surface area contributed by atoms with Crippen molar-refractivity contribution in [3.63, 3.8) is 0 Å². The van der Waals surface area contributed by atoms with Crippen LogP contribution in [0.4, 0.5) is 0 Å². The van der Waals surface area contributed by atoms with Gasteiger partial charge in [-0.3, -0.25) is 0 Å². The van der Waals surface area contributed by atoms with Crippen molar-refractivity contribution in [3.05, 3.63) is 83.4 Å². The lowest BCUT2D eigenvalue weighted by Crippen LogP contribution is -2.02. The second kappa shape index (κ2) is 20.7. The lowest BCUT2D eigenvalue weighted by atomic mass is 10.1. The van der Waals surface area contributed by atoms with Crippen molar-refractivity contribution in [1.29, 1.82) is 0 Å². The molecule has 0 aliphatic heterocycles. The van der Waals surface area contributed by atoms with E-state index in [2.05, 4.69) is 13.8 Å². The van der Waals surface area contributed by atoms with Crippen LogP contribution in [0.15, 0.2) is 66.7 Å². The van der Waals surface area contributed by atoms with Crippen LogP contribution in [-0.2, 0) is 19.8 Å². The highest BCUT2D eigenvalue weighted by atomic mass is 16.5. The van der Waals surface area contributed by atoms with Crippen LogP contribution >= 0.6 is 0 Å². The Hall–Kier alpha value is -3.18. The van der Waals surface area contributed by atoms with E-state index in [9.17, 15) is 5.11 Å². The summed E-state index contributed by atoms with van der Waals surface area (Å²) in [6.45, 7) is 6.75. The molecule has 5 heteroatoms. The van der Waals surface area contributed by atoms with Gasteiger partial charge in [-0.2, -0.15) is 0 Å². The highest BCUT2D eigenvalue weighted by Gasteiger charge is 2.09. The zero-order chi connectivity index (χ0) is 29.7. The van der Waals surface area contributed by atoms with Crippen molar-refractivity contribution in [2.75, 3.05) is 13.2 Å². The predicted molar refractivity (Wildman–Crippen MR) is 172 cm³/mol. The zero-order valence-electron chi connectivity index (χ0n) is 26.0. The van der Waals surface area contributed by atoms with Crippen LogP contribution in [0.2, 0.25) is 0 Å². The Kier molecular flexibility index (Phi) is 16.4. The highest BCUT2D eigenvalue weighted by molar-refractivity contribution is 5.43. The summed E-state index contributed by atoms with van der Waals surface area (Å²) in [6, 6.07) is 21.7. The summed E-state index contributed by atoms with van der Waals surface area (Å²) in [5, 5.41) is 9.65. The molecule has 0 aromatic heterocycles. The summed E-state index contributed by atoms with van der Waals surface area (Å²) in [7, 11) is 0. The second-order valence-corrected chi connectivity index (χ2v) is 11.0. The Morgan fingerprint density at radius 2 is 0.881 bits per heavy atom. The van der Waals surface area contributed by atoms with Crippen molar-refractivity contribution < 1.29 is 24.1 Å². The molecule has 0 saturated carbocycles. The standard InChI is InChI=1S/C37H52O5/c1-3-5-7-9-11-13-25-39-34-20-15-31(16-21-34)29-41-36-24-19-33(28-38)27-37(36)42-30-32-17-22-35(23-18-32)40-26-14-12-10-8-6-4-2/h15-24,27,38H,3-14,25-26,28-30H2,1-2H3. The fourth-order valence-corrected chi connectivity index (χ4v) is 4.71. The van der Waals surface area contributed by atoms with Gasteiger partial charge in [0, 0.05) is 0 Å². The quantitative estimate of drug-likeness (QED) is 0.114. The van der Waals surface area contributed by atoms with Gasteiger partial charge in [0.15, 0.2) is 11.5 Å². The van der Waals surface area contributed by atoms with Gasteiger partial charge in [0.1, 0.15) is 24.7 Å². The lowest BCUT2D eigenvalue weighted by Gasteiger charge is -2.15. The lowest BCUT2D eigenvalue weighted by molar-refractivity contribution is 0.252. The molecule has 0 radical (unpaired) electrons. The van der Waals surface area contributed by atoms with Gasteiger partial charge in [-0.25, -0.2) is 0 Å². The number of aliphatic hydroxyl groups excluding tert-OH is 1. The number of unbranched alkanes of at least 4 members (excludes halogenated alkanes) is 10. The minimum atomic E-state index is -0.0541. The molecule has 0 bridgehead atoms. The van der Waals surface area contributed by atoms with Crippen molar-refractivity contribution in [2.24, 2.45) is 0 Å². The molecule has 230 valence electrons. The van der Waals surface area contributed by atoms with Gasteiger partial charge in [0.05, 0.1) is 19.8 Å². The van der Waals surface area contributed by atoms with Crippen LogP contribution in [0.3, 0.4) is 0 Å². The molecule has 0 aliphatic carbocycles. The van der Waals surface area contributed by atoms with Crippen LogP contribution in [0.1, 0.15) is 108 Å². The molecule has 0 aliphatic rings. The summed E-state index contributed by atoms with van der Waals surface area (Å²) in [5.41, 5.74) is 2.87. The molecule has 0 atom stereocenters. The molecule has 3 rings (SSSR count). The van der Waals surface area contributed by atoms with Gasteiger partial charge >= 0.3 is 0 Å². The van der Waals surface area contributed by atoms with Gasteiger partial charge in [-0.05, 0) is 65.9 Å². The second-order valence-electron chi connectivity index (χ2n) is 11.0. The monoisotopic (exact) mass is 576 g/mol. The fourth-order valence-electron chi connectivity index (χ4n) is 4.71. The van der Waals surface area contributed by atoms with Crippen LogP contribution in [0, 0.1) is 0 Å². The van der Waals surface area contributed by atoms with E-state index in [1.807, 2.05) is 66.7 Å². The van der Waals surface area contributed by atoms with E-state index in [-0.39, 0.29) is 6.61 Å². The summed E-state index contributed by atoms with van der Waals surface area (Å²) in [6.07, 6.45) is 15.1. The third-order valence-electron chi connectivity index (χ3n) is 7.36. The van der Waals surface area contributed by atoms with E-state index in [1.54, 1.807) is 0 Å². The average molecular weight is 577 g/mol. The number of benzene rings is 3. The Morgan fingerprint density at radius 1 is 0.452 bits per heavy atom. The van der Waals surface area contributed by atoms with Crippen LogP contribution < -0.4 is 18.9 Å². The first-order valence-corrected chi connectivity index (χ1v) is 16.1. The van der Waals surface area contributed by atoms with E-state index in [0.29, 0.717) is 24.7 Å². The number of hydrogen-bond acceptors (Lipinski definition) is 5. The van der Waals surface area contributed by atoms with Gasteiger partial charge in [-0.1, -0.05) is 108 Å². The van der Waals surface area contributed by atoms with E-state index >= 15 is 0 Å². The summed E-state index contributed by atoms with van der Waals surface area (Å²) in [4.78, 5) is 0. The molecule has 1 N–H and O–H groups in total. The molecule has 0 amide bonds. The topological polar surface area (TPSA) is 57.2 Å². The summed E-state index contributed by atoms with van der Waals surface area (Å²) in [5.74, 6) is 3.04. The maximum atomic E-state index is 9.65. The first kappa shape index (κ1) is 33.3. The van der Waals surface area contributed by atoms with Crippen LogP contribution in [0.25, 0.3) is 0 Å². The number of aliphatic hydroxyl groups is 1. The first-order chi connectivity index (χ1) is 20.7. The van der Waals surface area contributed by atoms with Crippen molar-refractivity contribution in [3.8, 4) is 23.0 Å². The number of hydrogen-bond donors (Lipinski definition) is 1. The van der Waals surface area contributed by atoms with Crippen LogP contribution in [0.5, 0.6) is 23.0 Å². The van der Waals surface area contributed by atoms with Gasteiger partial charge < -0.3 is 24.1 Å². The van der Waals surface area contributed by atoms with Crippen molar-refractivity contribution in [2.45, 2.75) is 111 Å². The predicted octanol–water partition coefficient (Wildman–Crippen LogP) is 9.82. The Balaban J connectivity index is 1.43. The molecule has 0 saturated heterocycles. The molecule has 42 heavy (non-hydrogen) atoms. The van der Waals surface area contributed by atoms with E-state index in [0.717, 1.165) is 54.2 Å². The SMILES string of the molecule is CCCCCCCCOc1ccc(COc2ccc(CO)cc2OCc2ccc(OCCCCCCCC)cc2)cc1. The maximum absolute atomic E-state index is 9.65. The third-order valence-corrected chi connectivity index (χ3v) is 7.36. The molecule has 0 unspecified atom stereocenters. The minimum Gasteiger partial charge on any atom is -0.494 e. The smallest absolute Gasteiger partial charge is 0.162 e. The van der Waals surface area contributed by atoms with Gasteiger partial charge in [-0.15, -0.1) is 0 Å². The van der Waals surface area contributed by atoms with Crippen molar-refractivity contribution in [1.82, 2.24) is 0 Å². The zero-order valence-corrected chi connectivity index (χ0v) is 26.0. The number of ether oxygens (including phenoxy) is 4. The molecular formula is C37H52O5. The van der Waals surface area contributed by atoms with E-state index in [1.165, 1.54) is 64.2 Å². The summed E-state index contributed by atoms with van der Waals surface area (Å²) >= 11 is 0. The third kappa shape index (κ3) is 13.2. The maximum Gasteiger partial charge on any atom is 0.162 e. The number of rotatable bonds is 23. The van der Waals surface area contributed by atoms with Crippen molar-refractivity contribution >= 4 is 0 Å². The van der Waals surface area contributed by atoms with Gasteiger partial charge in [0.2, 0.25) is 0 Å². The molecule has 0 heterocycles. The molecule has 5 nitrogen and oxygen atoms in total. The van der Waals surface area contributed by atoms with E-state index in [4.69, 9.17) is 18.9 Å². The molecule has 3 aromatic carbocycles. The largest absolute Gasteiger partial charge is 0.494 e. The average Bonchev–Trinajstić information content (AvgIpc) is 3.03. The molecular weight excluding hydrogens is 524 g/mol. The Morgan fingerprint density at radius 3 is 1.36 bits per heavy atom. The minimum absolute atomic E-state index is 0.0541. The van der Waals surface area contributed by atoms with E-state index < -0.39 is 0 Å². The molecule has 0 spiro atoms. The first-order valence-electron chi connectivity index (χ1n) is 16.1. The Bertz CT molecular complexity index is 1090. The highest BCUT2D eigenvalue weighted by Crippen LogP contribution is 2.30. The fraction of sp³-hybridized carbons (Fsp3) is 0.514.